The summed E-state index contributed by atoms with van der Waals surface area (Å²) < 4.78 is 11.6. The molecule has 0 bridgehead atoms. The van der Waals surface area contributed by atoms with Gasteiger partial charge in [-0.05, 0) is 48.8 Å². The molecule has 1 saturated carbocycles. The average molecular weight is 327 g/mol. The van der Waals surface area contributed by atoms with Crippen LogP contribution in [0.4, 0.5) is 0 Å². The second-order valence-corrected chi connectivity index (χ2v) is 6.19. The largest absolute Gasteiger partial charge is 0.493 e. The van der Waals surface area contributed by atoms with Crippen molar-refractivity contribution in [3.63, 3.8) is 0 Å². The summed E-state index contributed by atoms with van der Waals surface area (Å²) in [6, 6.07) is 6.13. The van der Waals surface area contributed by atoms with Crippen LogP contribution in [0.1, 0.15) is 38.7 Å². The monoisotopic (exact) mass is 326 g/mol. The zero-order valence-electron chi connectivity index (χ0n) is 12.0. The van der Waals surface area contributed by atoms with Crippen molar-refractivity contribution in [2.45, 2.75) is 44.5 Å². The van der Waals surface area contributed by atoms with Crippen LogP contribution in [-0.2, 0) is 5.33 Å². The van der Waals surface area contributed by atoms with Crippen molar-refractivity contribution in [3.8, 4) is 11.5 Å². The van der Waals surface area contributed by atoms with Crippen molar-refractivity contribution < 1.29 is 9.47 Å². The van der Waals surface area contributed by atoms with Crippen molar-refractivity contribution in [1.82, 2.24) is 0 Å². The molecule has 1 aliphatic carbocycles. The second kappa shape index (κ2) is 6.65. The van der Waals surface area contributed by atoms with E-state index in [1.165, 1.54) is 12.0 Å². The summed E-state index contributed by atoms with van der Waals surface area (Å²) in [6.45, 7) is 4.67. The Bertz CT molecular complexity index is 419. The number of rotatable bonds is 4. The molecule has 1 aromatic carbocycles. The normalized spacial score (nSPS) is 27.1. The van der Waals surface area contributed by atoms with E-state index in [1.807, 2.05) is 6.07 Å². The van der Waals surface area contributed by atoms with Gasteiger partial charge in [-0.2, -0.15) is 0 Å². The van der Waals surface area contributed by atoms with Gasteiger partial charge in [0.1, 0.15) is 0 Å². The number of ether oxygens (including phenoxy) is 2. The first-order chi connectivity index (χ1) is 9.13. The number of alkyl halides is 1. The van der Waals surface area contributed by atoms with Crippen molar-refractivity contribution in [2.75, 3.05) is 7.11 Å². The maximum atomic E-state index is 6.19. The van der Waals surface area contributed by atoms with Crippen LogP contribution in [0.3, 0.4) is 0 Å². The van der Waals surface area contributed by atoms with E-state index in [-0.39, 0.29) is 0 Å². The maximum Gasteiger partial charge on any atom is 0.161 e. The molecule has 0 radical (unpaired) electrons. The predicted molar refractivity (Wildman–Crippen MR) is 82.2 cm³/mol. The molecule has 1 aromatic rings. The van der Waals surface area contributed by atoms with Gasteiger partial charge < -0.3 is 9.47 Å². The van der Waals surface area contributed by atoms with Crippen LogP contribution in [0.25, 0.3) is 0 Å². The smallest absolute Gasteiger partial charge is 0.161 e. The molecule has 2 rings (SSSR count). The van der Waals surface area contributed by atoms with Crippen molar-refractivity contribution >= 4 is 15.9 Å². The van der Waals surface area contributed by atoms with Crippen molar-refractivity contribution in [1.29, 1.82) is 0 Å². The molecule has 1 aliphatic rings. The Morgan fingerprint density at radius 1 is 1.16 bits per heavy atom. The molecule has 0 spiro atoms. The number of benzene rings is 1. The zero-order chi connectivity index (χ0) is 13.8. The van der Waals surface area contributed by atoms with E-state index in [9.17, 15) is 0 Å². The first-order valence-corrected chi connectivity index (χ1v) is 8.15. The number of methoxy groups -OCH3 is 1. The minimum Gasteiger partial charge on any atom is -0.493 e. The third-order valence-electron chi connectivity index (χ3n) is 4.23. The van der Waals surface area contributed by atoms with Crippen LogP contribution < -0.4 is 9.47 Å². The zero-order valence-corrected chi connectivity index (χ0v) is 13.6. The standard InChI is InChI=1S/C16H23BrO2/c1-11-4-6-14(8-12(11)2)19-16-9-13(10-17)5-7-15(16)18-3/h5,7,9,11-12,14H,4,6,8,10H2,1-3H3. The lowest BCUT2D eigenvalue weighted by atomic mass is 9.80. The quantitative estimate of drug-likeness (QED) is 0.740. The van der Waals surface area contributed by atoms with Gasteiger partial charge in [0.2, 0.25) is 0 Å². The topological polar surface area (TPSA) is 18.5 Å². The van der Waals surface area contributed by atoms with Crippen LogP contribution >= 0.6 is 15.9 Å². The van der Waals surface area contributed by atoms with Gasteiger partial charge >= 0.3 is 0 Å². The molecule has 0 aliphatic heterocycles. The fourth-order valence-electron chi connectivity index (χ4n) is 2.68. The molecule has 1 fully saturated rings. The Kier molecular flexibility index (Phi) is 5.14. The lowest BCUT2D eigenvalue weighted by Gasteiger charge is -2.32. The van der Waals surface area contributed by atoms with Crippen LogP contribution in [0.2, 0.25) is 0 Å². The van der Waals surface area contributed by atoms with E-state index in [4.69, 9.17) is 9.47 Å². The molecular weight excluding hydrogens is 304 g/mol. The molecule has 0 heterocycles. The maximum absolute atomic E-state index is 6.19. The molecule has 106 valence electrons. The van der Waals surface area contributed by atoms with Gasteiger partial charge in [-0.25, -0.2) is 0 Å². The van der Waals surface area contributed by atoms with E-state index in [1.54, 1.807) is 7.11 Å². The van der Waals surface area contributed by atoms with E-state index >= 15 is 0 Å². The first-order valence-electron chi connectivity index (χ1n) is 7.03. The van der Waals surface area contributed by atoms with Crippen molar-refractivity contribution in [3.05, 3.63) is 23.8 Å². The molecule has 3 unspecified atom stereocenters. The van der Waals surface area contributed by atoms with Crippen LogP contribution in [-0.4, -0.2) is 13.2 Å². The van der Waals surface area contributed by atoms with Gasteiger partial charge in [-0.15, -0.1) is 0 Å². The summed E-state index contributed by atoms with van der Waals surface area (Å²) >= 11 is 3.48. The molecule has 0 N–H and O–H groups in total. The summed E-state index contributed by atoms with van der Waals surface area (Å²) in [5, 5.41) is 0.839. The van der Waals surface area contributed by atoms with Crippen molar-refractivity contribution in [2.24, 2.45) is 11.8 Å². The molecule has 3 atom stereocenters. The summed E-state index contributed by atoms with van der Waals surface area (Å²) in [7, 11) is 1.70. The van der Waals surface area contributed by atoms with E-state index in [0.29, 0.717) is 6.10 Å². The Hall–Kier alpha value is -0.700. The molecule has 3 heteroatoms. The molecule has 19 heavy (non-hydrogen) atoms. The van der Waals surface area contributed by atoms with Crippen LogP contribution in [0.5, 0.6) is 11.5 Å². The highest BCUT2D eigenvalue weighted by Gasteiger charge is 2.26. The van der Waals surface area contributed by atoms with Gasteiger partial charge in [-0.3, -0.25) is 0 Å². The van der Waals surface area contributed by atoms with Crippen LogP contribution in [0.15, 0.2) is 18.2 Å². The fourth-order valence-corrected chi connectivity index (χ4v) is 3.03. The first kappa shape index (κ1) is 14.7. The van der Waals surface area contributed by atoms with Gasteiger partial charge in [0.05, 0.1) is 13.2 Å². The molecule has 2 nitrogen and oxygen atoms in total. The minimum absolute atomic E-state index is 0.325. The lowest BCUT2D eigenvalue weighted by molar-refractivity contribution is 0.0976. The molecule has 0 aromatic heterocycles. The Morgan fingerprint density at radius 3 is 2.58 bits per heavy atom. The number of hydrogen-bond acceptors (Lipinski definition) is 2. The van der Waals surface area contributed by atoms with E-state index in [0.717, 1.165) is 41.5 Å². The molecular formula is C16H23BrO2. The Balaban J connectivity index is 2.09. The third kappa shape index (κ3) is 3.65. The number of halogens is 1. The predicted octanol–water partition coefficient (Wildman–Crippen LogP) is 4.79. The van der Waals surface area contributed by atoms with Gasteiger partial charge in [-0.1, -0.05) is 35.8 Å². The summed E-state index contributed by atoms with van der Waals surface area (Å²) in [5.74, 6) is 3.27. The highest BCUT2D eigenvalue weighted by Crippen LogP contribution is 2.35. The molecule has 0 amide bonds. The van der Waals surface area contributed by atoms with Crippen LogP contribution in [0, 0.1) is 11.8 Å². The summed E-state index contributed by atoms with van der Waals surface area (Å²) in [4.78, 5) is 0. The van der Waals surface area contributed by atoms with Gasteiger partial charge in [0, 0.05) is 5.33 Å². The summed E-state index contributed by atoms with van der Waals surface area (Å²) in [5.41, 5.74) is 1.22. The van der Waals surface area contributed by atoms with E-state index in [2.05, 4.69) is 41.9 Å². The number of hydrogen-bond donors (Lipinski definition) is 0. The Morgan fingerprint density at radius 2 is 1.95 bits per heavy atom. The van der Waals surface area contributed by atoms with Gasteiger partial charge in [0.15, 0.2) is 11.5 Å². The third-order valence-corrected chi connectivity index (χ3v) is 4.87. The molecule has 0 saturated heterocycles. The highest BCUT2D eigenvalue weighted by atomic mass is 79.9. The Labute approximate surface area is 124 Å². The highest BCUT2D eigenvalue weighted by molar-refractivity contribution is 9.08. The minimum atomic E-state index is 0.325. The second-order valence-electron chi connectivity index (χ2n) is 5.63. The lowest BCUT2D eigenvalue weighted by Crippen LogP contribution is -2.28. The fraction of sp³-hybridized carbons (Fsp3) is 0.625. The van der Waals surface area contributed by atoms with Gasteiger partial charge in [0.25, 0.3) is 0 Å². The SMILES string of the molecule is COc1ccc(CBr)cc1OC1CCC(C)C(C)C1. The van der Waals surface area contributed by atoms with E-state index < -0.39 is 0 Å². The average Bonchev–Trinajstić information content (AvgIpc) is 2.43. The summed E-state index contributed by atoms with van der Waals surface area (Å²) in [6.07, 6.45) is 3.87.